The summed E-state index contributed by atoms with van der Waals surface area (Å²) >= 11 is 0. The number of rotatable bonds is 1. The fourth-order valence-corrected chi connectivity index (χ4v) is 2.63. The van der Waals surface area contributed by atoms with E-state index in [9.17, 15) is 14.4 Å². The summed E-state index contributed by atoms with van der Waals surface area (Å²) in [5, 5.41) is 2.29. The highest BCUT2D eigenvalue weighted by Gasteiger charge is 2.53. The first-order valence-electron chi connectivity index (χ1n) is 6.19. The molecule has 1 heterocycles. The largest absolute Gasteiger partial charge is 0.331 e. The first-order valence-corrected chi connectivity index (χ1v) is 6.19. The van der Waals surface area contributed by atoms with Crippen molar-refractivity contribution in [1.29, 1.82) is 0 Å². The summed E-state index contributed by atoms with van der Waals surface area (Å²) in [4.78, 5) is 37.1. The number of carbonyl (C=O) groups excluding carboxylic acids is 3. The van der Waals surface area contributed by atoms with E-state index in [0.717, 1.165) is 24.2 Å². The number of amides is 4. The van der Waals surface area contributed by atoms with Crippen LogP contribution in [0.25, 0.3) is 0 Å². The van der Waals surface area contributed by atoms with Gasteiger partial charge < -0.3 is 0 Å². The maximum absolute atomic E-state index is 12.4. The first kappa shape index (κ1) is 12.6. The molecule has 1 aliphatic heterocycles. The van der Waals surface area contributed by atoms with E-state index in [-0.39, 0.29) is 12.5 Å². The van der Waals surface area contributed by atoms with E-state index in [1.165, 1.54) is 0 Å². The van der Waals surface area contributed by atoms with Crippen LogP contribution in [0.15, 0.2) is 0 Å². The van der Waals surface area contributed by atoms with Gasteiger partial charge in [0, 0.05) is 0 Å². The van der Waals surface area contributed by atoms with Crippen LogP contribution in [0, 0.1) is 17.3 Å². The highest BCUT2D eigenvalue weighted by Crippen LogP contribution is 2.39. The molecule has 2 rings (SSSR count). The molecular weight excluding hydrogens is 232 g/mol. The highest BCUT2D eigenvalue weighted by molar-refractivity contribution is 6.19. The average Bonchev–Trinajstić information content (AvgIpc) is 2.38. The number of carbonyl (C=O) groups is 3. The summed E-state index contributed by atoms with van der Waals surface area (Å²) in [6.07, 6.45) is 3.79. The van der Waals surface area contributed by atoms with Crippen molar-refractivity contribution in [3.05, 3.63) is 0 Å². The number of barbiturate groups is 1. The lowest BCUT2D eigenvalue weighted by Gasteiger charge is -2.40. The lowest BCUT2D eigenvalue weighted by molar-refractivity contribution is -0.153. The standard InChI is InChI=1S/C13H16N2O3/c1-2-3-9-15-11(17)13(7-5-4-6-8-13)10(16)14-12(15)18/h4-9H2,1H3,(H,14,16,18). The molecule has 1 aliphatic carbocycles. The zero-order chi connectivity index (χ0) is 13.2. The van der Waals surface area contributed by atoms with E-state index >= 15 is 0 Å². The van der Waals surface area contributed by atoms with Crippen molar-refractivity contribution in [2.75, 3.05) is 6.54 Å². The maximum Gasteiger partial charge on any atom is 0.331 e. The van der Waals surface area contributed by atoms with E-state index in [1.807, 2.05) is 0 Å². The molecule has 0 aromatic carbocycles. The molecule has 2 fully saturated rings. The van der Waals surface area contributed by atoms with Crippen LogP contribution >= 0.6 is 0 Å². The number of hydrogen-bond acceptors (Lipinski definition) is 3. The summed E-state index contributed by atoms with van der Waals surface area (Å²) in [5.41, 5.74) is -1.03. The zero-order valence-electron chi connectivity index (χ0n) is 10.4. The van der Waals surface area contributed by atoms with Gasteiger partial charge in [-0.2, -0.15) is 0 Å². The molecule has 18 heavy (non-hydrogen) atoms. The highest BCUT2D eigenvalue weighted by atomic mass is 16.2. The minimum Gasteiger partial charge on any atom is -0.277 e. The Labute approximate surface area is 106 Å². The quantitative estimate of drug-likeness (QED) is 0.557. The average molecular weight is 248 g/mol. The van der Waals surface area contributed by atoms with Crippen molar-refractivity contribution in [1.82, 2.24) is 10.2 Å². The van der Waals surface area contributed by atoms with E-state index in [4.69, 9.17) is 0 Å². The molecule has 2 aliphatic rings. The van der Waals surface area contributed by atoms with Gasteiger partial charge >= 0.3 is 6.03 Å². The summed E-state index contributed by atoms with van der Waals surface area (Å²) in [6, 6.07) is -0.649. The number of urea groups is 1. The van der Waals surface area contributed by atoms with Crippen molar-refractivity contribution in [2.24, 2.45) is 5.41 Å². The molecule has 0 aromatic heterocycles. The van der Waals surface area contributed by atoms with Gasteiger partial charge in [0.15, 0.2) is 0 Å². The third kappa shape index (κ3) is 1.88. The predicted molar refractivity (Wildman–Crippen MR) is 64.2 cm³/mol. The molecule has 4 amide bonds. The van der Waals surface area contributed by atoms with E-state index in [1.54, 1.807) is 6.92 Å². The Morgan fingerprint density at radius 1 is 1.22 bits per heavy atom. The fraction of sp³-hybridized carbons (Fsp3) is 0.615. The Balaban J connectivity index is 2.29. The van der Waals surface area contributed by atoms with Gasteiger partial charge in [0.1, 0.15) is 5.41 Å². The van der Waals surface area contributed by atoms with Crippen molar-refractivity contribution in [3.8, 4) is 11.8 Å². The van der Waals surface area contributed by atoms with E-state index in [0.29, 0.717) is 12.8 Å². The molecule has 1 saturated carbocycles. The molecule has 0 atom stereocenters. The Hall–Kier alpha value is -1.83. The van der Waals surface area contributed by atoms with Gasteiger partial charge in [0.05, 0.1) is 6.54 Å². The van der Waals surface area contributed by atoms with Crippen molar-refractivity contribution in [3.63, 3.8) is 0 Å². The maximum atomic E-state index is 12.4. The van der Waals surface area contributed by atoms with Gasteiger partial charge in [0.25, 0.3) is 0 Å². The molecule has 5 nitrogen and oxygen atoms in total. The van der Waals surface area contributed by atoms with Crippen molar-refractivity contribution in [2.45, 2.75) is 39.0 Å². The third-order valence-electron chi connectivity index (χ3n) is 3.68. The van der Waals surface area contributed by atoms with Gasteiger partial charge in [-0.25, -0.2) is 4.79 Å². The topological polar surface area (TPSA) is 66.5 Å². The second-order valence-corrected chi connectivity index (χ2v) is 4.72. The third-order valence-corrected chi connectivity index (χ3v) is 3.68. The lowest BCUT2D eigenvalue weighted by atomic mass is 9.71. The summed E-state index contributed by atoms with van der Waals surface area (Å²) in [5.74, 6) is 4.54. The van der Waals surface area contributed by atoms with E-state index in [2.05, 4.69) is 17.2 Å². The normalized spacial score (nSPS) is 22.5. The summed E-state index contributed by atoms with van der Waals surface area (Å²) < 4.78 is 0. The minimum absolute atomic E-state index is 0.0518. The van der Waals surface area contributed by atoms with Crippen LogP contribution in [0.4, 0.5) is 4.79 Å². The van der Waals surface area contributed by atoms with Crippen molar-refractivity contribution < 1.29 is 14.4 Å². The smallest absolute Gasteiger partial charge is 0.277 e. The molecular formula is C13H16N2O3. The van der Waals surface area contributed by atoms with Crippen LogP contribution < -0.4 is 5.32 Å². The molecule has 0 radical (unpaired) electrons. The van der Waals surface area contributed by atoms with Crippen LogP contribution in [0.1, 0.15) is 39.0 Å². The molecule has 0 aromatic rings. The molecule has 5 heteroatoms. The number of hydrogen-bond donors (Lipinski definition) is 1. The Morgan fingerprint density at radius 2 is 1.89 bits per heavy atom. The molecule has 1 spiro atoms. The molecule has 96 valence electrons. The van der Waals surface area contributed by atoms with Gasteiger partial charge in [-0.3, -0.25) is 19.8 Å². The second-order valence-electron chi connectivity index (χ2n) is 4.72. The van der Waals surface area contributed by atoms with Gasteiger partial charge in [-0.15, -0.1) is 5.92 Å². The number of nitrogens with zero attached hydrogens (tertiary/aromatic N) is 1. The van der Waals surface area contributed by atoms with Crippen LogP contribution in [-0.2, 0) is 9.59 Å². The molecule has 1 saturated heterocycles. The van der Waals surface area contributed by atoms with E-state index < -0.39 is 17.4 Å². The van der Waals surface area contributed by atoms with Crippen LogP contribution in [0.2, 0.25) is 0 Å². The van der Waals surface area contributed by atoms with Gasteiger partial charge in [0.2, 0.25) is 11.8 Å². The van der Waals surface area contributed by atoms with Gasteiger partial charge in [-0.05, 0) is 19.8 Å². The van der Waals surface area contributed by atoms with Crippen LogP contribution in [0.3, 0.4) is 0 Å². The molecule has 0 unspecified atom stereocenters. The number of imide groups is 2. The zero-order valence-corrected chi connectivity index (χ0v) is 10.4. The summed E-state index contributed by atoms with van der Waals surface area (Å²) in [7, 11) is 0. The van der Waals surface area contributed by atoms with Gasteiger partial charge in [-0.1, -0.05) is 25.2 Å². The van der Waals surface area contributed by atoms with Crippen LogP contribution in [0.5, 0.6) is 0 Å². The minimum atomic E-state index is -1.03. The molecule has 0 bridgehead atoms. The Kier molecular flexibility index (Phi) is 3.37. The fourth-order valence-electron chi connectivity index (χ4n) is 2.63. The number of nitrogens with one attached hydrogen (secondary N) is 1. The lowest BCUT2D eigenvalue weighted by Crippen LogP contribution is -2.64. The summed E-state index contributed by atoms with van der Waals surface area (Å²) in [6.45, 7) is 1.70. The van der Waals surface area contributed by atoms with Crippen molar-refractivity contribution >= 4 is 17.8 Å². The monoisotopic (exact) mass is 248 g/mol. The predicted octanol–water partition coefficient (Wildman–Crippen LogP) is 1.04. The van der Waals surface area contributed by atoms with Crippen LogP contribution in [-0.4, -0.2) is 29.3 Å². The Morgan fingerprint density at radius 3 is 2.50 bits per heavy atom. The Bertz CT molecular complexity index is 453. The SMILES string of the molecule is CC#CCN1C(=O)NC(=O)C2(CCCCC2)C1=O. The second kappa shape index (κ2) is 4.81. The molecule has 1 N–H and O–H groups in total. The first-order chi connectivity index (χ1) is 8.62.